The van der Waals surface area contributed by atoms with Gasteiger partial charge < -0.3 is 20.3 Å². The van der Waals surface area contributed by atoms with Crippen molar-refractivity contribution in [2.24, 2.45) is 0 Å². The zero-order valence-electron chi connectivity index (χ0n) is 13.3. The molecule has 0 saturated heterocycles. The molecule has 22 heavy (non-hydrogen) atoms. The lowest BCUT2D eigenvalue weighted by Crippen LogP contribution is -2.22. The first kappa shape index (κ1) is 18.3. The summed E-state index contributed by atoms with van der Waals surface area (Å²) in [6.45, 7) is 0.705. The number of aromatic hydroxyl groups is 1. The van der Waals surface area contributed by atoms with Crippen molar-refractivity contribution in [3.05, 3.63) is 23.8 Å². The van der Waals surface area contributed by atoms with Crippen LogP contribution in [0.15, 0.2) is 18.2 Å². The first-order chi connectivity index (χ1) is 10.7. The van der Waals surface area contributed by atoms with Crippen LogP contribution in [0, 0.1) is 0 Å². The number of unbranched alkanes of at least 4 members (excludes halogenated alkanes) is 5. The summed E-state index contributed by atoms with van der Waals surface area (Å²) < 4.78 is 5.03. The molecule has 124 valence electrons. The van der Waals surface area contributed by atoms with Crippen molar-refractivity contribution in [3.8, 4) is 11.5 Å². The maximum absolute atomic E-state index is 11.7. The van der Waals surface area contributed by atoms with Crippen LogP contribution < -0.4 is 10.1 Å². The molecule has 0 aliphatic rings. The highest BCUT2D eigenvalue weighted by Crippen LogP contribution is 2.26. The summed E-state index contributed by atoms with van der Waals surface area (Å²) in [5, 5.41) is 21.0. The fourth-order valence-corrected chi connectivity index (χ4v) is 2.23. The largest absolute Gasteiger partial charge is 0.504 e. The van der Waals surface area contributed by atoms with Crippen molar-refractivity contribution in [1.82, 2.24) is 5.32 Å². The molecule has 0 aliphatic heterocycles. The molecule has 5 heteroatoms. The summed E-state index contributed by atoms with van der Waals surface area (Å²) in [5.74, 6) is 0.552. The summed E-state index contributed by atoms with van der Waals surface area (Å²) in [4.78, 5) is 11.7. The van der Waals surface area contributed by atoms with Crippen molar-refractivity contribution >= 4 is 5.91 Å². The van der Waals surface area contributed by atoms with E-state index >= 15 is 0 Å². The minimum absolute atomic E-state index is 0.0439. The van der Waals surface area contributed by atoms with E-state index in [0.29, 0.717) is 18.7 Å². The van der Waals surface area contributed by atoms with Crippen LogP contribution in [0.1, 0.15) is 50.5 Å². The summed E-state index contributed by atoms with van der Waals surface area (Å²) in [6.07, 6.45) is 6.64. The van der Waals surface area contributed by atoms with Crippen molar-refractivity contribution in [2.75, 3.05) is 13.7 Å². The monoisotopic (exact) mass is 309 g/mol. The fourth-order valence-electron chi connectivity index (χ4n) is 2.23. The minimum atomic E-state index is 0.0439. The van der Waals surface area contributed by atoms with E-state index in [2.05, 4.69) is 5.32 Å². The molecule has 1 amide bonds. The number of aliphatic hydroxyl groups excluding tert-OH is 1. The molecule has 5 nitrogen and oxygen atoms in total. The molecule has 0 atom stereocenters. The molecule has 0 aliphatic carbocycles. The summed E-state index contributed by atoms with van der Waals surface area (Å²) >= 11 is 0. The highest BCUT2D eigenvalue weighted by Gasteiger charge is 2.05. The molecular weight excluding hydrogens is 282 g/mol. The molecule has 0 heterocycles. The Hall–Kier alpha value is -1.75. The molecule has 0 aromatic heterocycles. The van der Waals surface area contributed by atoms with Gasteiger partial charge >= 0.3 is 0 Å². The number of aliphatic hydroxyl groups is 1. The number of methoxy groups -OCH3 is 1. The van der Waals surface area contributed by atoms with E-state index in [1.54, 1.807) is 18.2 Å². The van der Waals surface area contributed by atoms with E-state index in [1.165, 1.54) is 7.11 Å². The molecule has 1 rings (SSSR count). The second-order valence-corrected chi connectivity index (χ2v) is 5.38. The van der Waals surface area contributed by atoms with Crippen LogP contribution in [-0.2, 0) is 11.3 Å². The van der Waals surface area contributed by atoms with Gasteiger partial charge in [0.1, 0.15) is 0 Å². The maximum Gasteiger partial charge on any atom is 0.220 e. The molecule has 0 radical (unpaired) electrons. The quantitative estimate of drug-likeness (QED) is 0.549. The number of nitrogens with one attached hydrogen (secondary N) is 1. The molecule has 0 unspecified atom stereocenters. The van der Waals surface area contributed by atoms with E-state index in [1.807, 2.05) is 0 Å². The smallest absolute Gasteiger partial charge is 0.220 e. The predicted octanol–water partition coefficient (Wildman–Crippen LogP) is 2.74. The molecule has 0 bridgehead atoms. The number of amides is 1. The number of rotatable bonds is 11. The van der Waals surface area contributed by atoms with Crippen molar-refractivity contribution < 1.29 is 19.7 Å². The van der Waals surface area contributed by atoms with Crippen molar-refractivity contribution in [2.45, 2.75) is 51.5 Å². The molecule has 0 fully saturated rings. The fraction of sp³-hybridized carbons (Fsp3) is 0.588. The third kappa shape index (κ3) is 7.31. The van der Waals surface area contributed by atoms with Gasteiger partial charge in [-0.15, -0.1) is 0 Å². The lowest BCUT2D eigenvalue weighted by atomic mass is 10.1. The van der Waals surface area contributed by atoms with Crippen LogP contribution >= 0.6 is 0 Å². The van der Waals surface area contributed by atoms with E-state index in [4.69, 9.17) is 9.84 Å². The number of phenols is 1. The van der Waals surface area contributed by atoms with Gasteiger partial charge in [0.2, 0.25) is 5.91 Å². The number of hydrogen-bond donors (Lipinski definition) is 3. The molecular formula is C17H27NO4. The maximum atomic E-state index is 11.7. The number of carbonyl (C=O) groups is 1. The van der Waals surface area contributed by atoms with E-state index < -0.39 is 0 Å². The number of phenolic OH excluding ortho intramolecular Hbond substituents is 1. The van der Waals surface area contributed by atoms with Crippen LogP contribution in [0.2, 0.25) is 0 Å². The van der Waals surface area contributed by atoms with E-state index in [-0.39, 0.29) is 18.3 Å². The van der Waals surface area contributed by atoms with Gasteiger partial charge in [0, 0.05) is 19.6 Å². The molecule has 1 aromatic rings. The highest BCUT2D eigenvalue weighted by molar-refractivity contribution is 5.75. The Kier molecular flexibility index (Phi) is 9.07. The molecule has 0 spiro atoms. The average molecular weight is 309 g/mol. The topological polar surface area (TPSA) is 78.8 Å². The third-order valence-electron chi connectivity index (χ3n) is 3.55. The van der Waals surface area contributed by atoms with E-state index in [0.717, 1.165) is 44.1 Å². The molecule has 0 saturated carbocycles. The second-order valence-electron chi connectivity index (χ2n) is 5.38. The van der Waals surface area contributed by atoms with Crippen LogP contribution in [0.3, 0.4) is 0 Å². The van der Waals surface area contributed by atoms with Crippen molar-refractivity contribution in [1.29, 1.82) is 0 Å². The number of hydrogen-bond acceptors (Lipinski definition) is 4. The number of benzene rings is 1. The number of carbonyl (C=O) groups excluding carboxylic acids is 1. The Morgan fingerprint density at radius 1 is 1.14 bits per heavy atom. The van der Waals surface area contributed by atoms with Crippen LogP contribution in [-0.4, -0.2) is 29.8 Å². The van der Waals surface area contributed by atoms with Gasteiger partial charge in [0.15, 0.2) is 11.5 Å². The Morgan fingerprint density at radius 3 is 2.50 bits per heavy atom. The van der Waals surface area contributed by atoms with Gasteiger partial charge in [-0.2, -0.15) is 0 Å². The first-order valence-electron chi connectivity index (χ1n) is 7.91. The van der Waals surface area contributed by atoms with Gasteiger partial charge in [0.05, 0.1) is 7.11 Å². The highest BCUT2D eigenvalue weighted by atomic mass is 16.5. The summed E-state index contributed by atoms with van der Waals surface area (Å²) in [5.41, 5.74) is 0.895. The SMILES string of the molecule is COc1cc(CNC(=O)CCCCCCCCO)ccc1O. The average Bonchev–Trinajstić information content (AvgIpc) is 2.53. The zero-order chi connectivity index (χ0) is 16.2. The van der Waals surface area contributed by atoms with Gasteiger partial charge in [-0.25, -0.2) is 0 Å². The lowest BCUT2D eigenvalue weighted by molar-refractivity contribution is -0.121. The Bertz CT molecular complexity index is 448. The van der Waals surface area contributed by atoms with Crippen LogP contribution in [0.5, 0.6) is 11.5 Å². The standard InChI is InChI=1S/C17H27NO4/c1-22-16-12-14(9-10-15(16)20)13-18-17(21)8-6-4-2-3-5-7-11-19/h9-10,12,19-20H,2-8,11,13H2,1H3,(H,18,21). The molecule has 3 N–H and O–H groups in total. The van der Waals surface area contributed by atoms with Gasteiger partial charge in [-0.3, -0.25) is 4.79 Å². The second kappa shape index (κ2) is 10.9. The first-order valence-corrected chi connectivity index (χ1v) is 7.91. The summed E-state index contributed by atoms with van der Waals surface area (Å²) in [6, 6.07) is 5.04. The summed E-state index contributed by atoms with van der Waals surface area (Å²) in [7, 11) is 1.50. The predicted molar refractivity (Wildman–Crippen MR) is 85.9 cm³/mol. The van der Waals surface area contributed by atoms with Gasteiger partial charge in [0.25, 0.3) is 0 Å². The Morgan fingerprint density at radius 2 is 1.82 bits per heavy atom. The normalized spacial score (nSPS) is 10.5. The lowest BCUT2D eigenvalue weighted by Gasteiger charge is -2.08. The van der Waals surface area contributed by atoms with Crippen LogP contribution in [0.4, 0.5) is 0 Å². The van der Waals surface area contributed by atoms with Gasteiger partial charge in [-0.05, 0) is 30.5 Å². The third-order valence-corrected chi connectivity index (χ3v) is 3.55. The minimum Gasteiger partial charge on any atom is -0.504 e. The van der Waals surface area contributed by atoms with Crippen molar-refractivity contribution in [3.63, 3.8) is 0 Å². The van der Waals surface area contributed by atoms with Gasteiger partial charge in [-0.1, -0.05) is 31.7 Å². The Labute approximate surface area is 132 Å². The Balaban J connectivity index is 2.15. The molecule has 1 aromatic carbocycles. The number of ether oxygens (including phenoxy) is 1. The van der Waals surface area contributed by atoms with Crippen LogP contribution in [0.25, 0.3) is 0 Å². The van der Waals surface area contributed by atoms with E-state index in [9.17, 15) is 9.90 Å². The zero-order valence-corrected chi connectivity index (χ0v) is 13.3.